The molecule has 1 rings (SSSR count). The summed E-state index contributed by atoms with van der Waals surface area (Å²) in [7, 11) is 0. The van der Waals surface area contributed by atoms with Crippen molar-refractivity contribution in [2.24, 2.45) is 0 Å². The summed E-state index contributed by atoms with van der Waals surface area (Å²) in [6, 6.07) is 2.37. The molecule has 0 saturated heterocycles. The molecule has 0 fully saturated rings. The standard InChI is InChI=1S/C9H17N3/c1-3-5-8(4-2)12-7-6-9(10)11-12/h6-8H,3-5H2,1-2H3,(H2,10,11). The molecule has 0 aliphatic carbocycles. The van der Waals surface area contributed by atoms with Gasteiger partial charge in [0.25, 0.3) is 0 Å². The number of anilines is 1. The van der Waals surface area contributed by atoms with Gasteiger partial charge in [0.05, 0.1) is 6.04 Å². The highest BCUT2D eigenvalue weighted by Crippen LogP contribution is 2.17. The van der Waals surface area contributed by atoms with Crippen LogP contribution in [-0.4, -0.2) is 9.78 Å². The summed E-state index contributed by atoms with van der Waals surface area (Å²) in [6.45, 7) is 4.37. The molecule has 0 bridgehead atoms. The maximum atomic E-state index is 5.54. The molecule has 0 aromatic carbocycles. The molecule has 0 spiro atoms. The Morgan fingerprint density at radius 1 is 1.58 bits per heavy atom. The second-order valence-electron chi connectivity index (χ2n) is 3.07. The van der Waals surface area contributed by atoms with E-state index >= 15 is 0 Å². The number of nitrogens with two attached hydrogens (primary N) is 1. The van der Waals surface area contributed by atoms with Crippen LogP contribution in [0, 0.1) is 0 Å². The molecule has 0 amide bonds. The lowest BCUT2D eigenvalue weighted by Gasteiger charge is -2.13. The number of aromatic nitrogens is 2. The van der Waals surface area contributed by atoms with E-state index in [0.717, 1.165) is 6.42 Å². The summed E-state index contributed by atoms with van der Waals surface area (Å²) in [5.74, 6) is 0.615. The van der Waals surface area contributed by atoms with Gasteiger partial charge in [-0.15, -0.1) is 0 Å². The molecular formula is C9H17N3. The van der Waals surface area contributed by atoms with E-state index < -0.39 is 0 Å². The average molecular weight is 167 g/mol. The topological polar surface area (TPSA) is 43.8 Å². The lowest BCUT2D eigenvalue weighted by atomic mass is 10.1. The molecule has 1 unspecified atom stereocenters. The zero-order chi connectivity index (χ0) is 8.97. The van der Waals surface area contributed by atoms with Crippen molar-refractivity contribution in [3.63, 3.8) is 0 Å². The molecule has 3 heteroatoms. The fourth-order valence-electron chi connectivity index (χ4n) is 1.41. The molecule has 0 aliphatic rings. The fourth-order valence-corrected chi connectivity index (χ4v) is 1.41. The van der Waals surface area contributed by atoms with Crippen molar-refractivity contribution in [2.45, 2.75) is 39.2 Å². The third-order valence-corrected chi connectivity index (χ3v) is 2.10. The van der Waals surface area contributed by atoms with Crippen LogP contribution < -0.4 is 5.73 Å². The summed E-state index contributed by atoms with van der Waals surface area (Å²) in [4.78, 5) is 0. The van der Waals surface area contributed by atoms with Crippen LogP contribution in [0.5, 0.6) is 0 Å². The minimum absolute atomic E-state index is 0.521. The average Bonchev–Trinajstić information content (AvgIpc) is 2.47. The Labute approximate surface area is 73.6 Å². The van der Waals surface area contributed by atoms with Crippen molar-refractivity contribution in [2.75, 3.05) is 5.73 Å². The van der Waals surface area contributed by atoms with Crippen LogP contribution in [0.1, 0.15) is 39.2 Å². The van der Waals surface area contributed by atoms with Gasteiger partial charge in [-0.05, 0) is 18.9 Å². The first-order valence-corrected chi connectivity index (χ1v) is 4.58. The SMILES string of the molecule is CCCC(CC)n1ccc(N)n1. The first-order valence-electron chi connectivity index (χ1n) is 4.58. The third-order valence-electron chi connectivity index (χ3n) is 2.10. The molecule has 3 nitrogen and oxygen atoms in total. The highest BCUT2D eigenvalue weighted by Gasteiger charge is 2.07. The fraction of sp³-hybridized carbons (Fsp3) is 0.667. The molecule has 0 saturated carbocycles. The summed E-state index contributed by atoms with van der Waals surface area (Å²) < 4.78 is 1.97. The minimum atomic E-state index is 0.521. The van der Waals surface area contributed by atoms with E-state index in [1.165, 1.54) is 12.8 Å². The second-order valence-corrected chi connectivity index (χ2v) is 3.07. The zero-order valence-electron chi connectivity index (χ0n) is 7.83. The van der Waals surface area contributed by atoms with E-state index in [-0.39, 0.29) is 0 Å². The molecule has 0 radical (unpaired) electrons. The Morgan fingerprint density at radius 2 is 2.33 bits per heavy atom. The molecule has 2 N–H and O–H groups in total. The molecule has 1 aromatic heterocycles. The Bertz CT molecular complexity index is 229. The lowest BCUT2D eigenvalue weighted by molar-refractivity contribution is 0.410. The first kappa shape index (κ1) is 9.10. The minimum Gasteiger partial charge on any atom is -0.382 e. The largest absolute Gasteiger partial charge is 0.382 e. The normalized spacial score (nSPS) is 13.2. The number of hydrogen-bond donors (Lipinski definition) is 1. The van der Waals surface area contributed by atoms with Gasteiger partial charge in [-0.1, -0.05) is 20.3 Å². The van der Waals surface area contributed by atoms with Gasteiger partial charge in [0, 0.05) is 6.20 Å². The van der Waals surface area contributed by atoms with Gasteiger partial charge in [0.1, 0.15) is 5.82 Å². The van der Waals surface area contributed by atoms with E-state index in [9.17, 15) is 0 Å². The van der Waals surface area contributed by atoms with Gasteiger partial charge >= 0.3 is 0 Å². The van der Waals surface area contributed by atoms with Gasteiger partial charge < -0.3 is 5.73 Å². The summed E-state index contributed by atoms with van der Waals surface area (Å²) in [5, 5.41) is 4.19. The summed E-state index contributed by atoms with van der Waals surface area (Å²) >= 11 is 0. The van der Waals surface area contributed by atoms with Gasteiger partial charge in [0.15, 0.2) is 0 Å². The summed E-state index contributed by atoms with van der Waals surface area (Å²) in [5.41, 5.74) is 5.54. The quantitative estimate of drug-likeness (QED) is 0.747. The van der Waals surface area contributed by atoms with Gasteiger partial charge in [0.2, 0.25) is 0 Å². The highest BCUT2D eigenvalue weighted by molar-refractivity contribution is 5.23. The molecule has 1 aromatic rings. The van der Waals surface area contributed by atoms with Crippen molar-refractivity contribution in [1.82, 2.24) is 9.78 Å². The maximum Gasteiger partial charge on any atom is 0.145 e. The van der Waals surface area contributed by atoms with E-state index in [1.54, 1.807) is 0 Å². The van der Waals surface area contributed by atoms with Crippen molar-refractivity contribution in [1.29, 1.82) is 0 Å². The molecular weight excluding hydrogens is 150 g/mol. The van der Waals surface area contributed by atoms with E-state index in [2.05, 4.69) is 18.9 Å². The van der Waals surface area contributed by atoms with Gasteiger partial charge in [-0.2, -0.15) is 5.10 Å². The van der Waals surface area contributed by atoms with Crippen molar-refractivity contribution in [3.05, 3.63) is 12.3 Å². The summed E-state index contributed by atoms with van der Waals surface area (Å²) in [6.07, 6.45) is 5.45. The molecule has 12 heavy (non-hydrogen) atoms. The van der Waals surface area contributed by atoms with E-state index in [4.69, 9.17) is 5.73 Å². The van der Waals surface area contributed by atoms with Crippen LogP contribution in [0.25, 0.3) is 0 Å². The van der Waals surface area contributed by atoms with Crippen LogP contribution in [-0.2, 0) is 0 Å². The van der Waals surface area contributed by atoms with Crippen molar-refractivity contribution >= 4 is 5.82 Å². The van der Waals surface area contributed by atoms with Gasteiger partial charge in [-0.3, -0.25) is 4.68 Å². The number of hydrogen-bond acceptors (Lipinski definition) is 2. The van der Waals surface area contributed by atoms with Crippen LogP contribution in [0.2, 0.25) is 0 Å². The van der Waals surface area contributed by atoms with E-state index in [1.807, 2.05) is 16.9 Å². The molecule has 0 aliphatic heterocycles. The van der Waals surface area contributed by atoms with Crippen LogP contribution in [0.15, 0.2) is 12.3 Å². The van der Waals surface area contributed by atoms with Crippen molar-refractivity contribution in [3.8, 4) is 0 Å². The van der Waals surface area contributed by atoms with Crippen molar-refractivity contribution < 1.29 is 0 Å². The van der Waals surface area contributed by atoms with Gasteiger partial charge in [-0.25, -0.2) is 0 Å². The maximum absolute atomic E-state index is 5.54. The van der Waals surface area contributed by atoms with E-state index in [0.29, 0.717) is 11.9 Å². The Balaban J connectivity index is 2.66. The second kappa shape index (κ2) is 4.14. The number of nitrogens with zero attached hydrogens (tertiary/aromatic N) is 2. The molecule has 68 valence electrons. The monoisotopic (exact) mass is 167 g/mol. The predicted octanol–water partition coefficient (Wildman–Crippen LogP) is 2.22. The third kappa shape index (κ3) is 2.00. The highest BCUT2D eigenvalue weighted by atomic mass is 15.3. The Hall–Kier alpha value is -0.990. The Kier molecular flexibility index (Phi) is 3.14. The number of rotatable bonds is 4. The lowest BCUT2D eigenvalue weighted by Crippen LogP contribution is -2.08. The Morgan fingerprint density at radius 3 is 2.75 bits per heavy atom. The smallest absolute Gasteiger partial charge is 0.145 e. The van der Waals surface area contributed by atoms with Crippen LogP contribution in [0.3, 0.4) is 0 Å². The predicted molar refractivity (Wildman–Crippen MR) is 50.9 cm³/mol. The van der Waals surface area contributed by atoms with Crippen LogP contribution in [0.4, 0.5) is 5.82 Å². The molecule has 1 heterocycles. The zero-order valence-corrected chi connectivity index (χ0v) is 7.83. The molecule has 1 atom stereocenters. The van der Waals surface area contributed by atoms with Crippen LogP contribution >= 0.6 is 0 Å². The number of nitrogen functional groups attached to an aromatic ring is 1. The first-order chi connectivity index (χ1) is 5.77.